The fraction of sp³-hybridized carbons (Fsp3) is 0.909. The third-order valence-electron chi connectivity index (χ3n) is 3.20. The van der Waals surface area contributed by atoms with Crippen molar-refractivity contribution in [2.24, 2.45) is 11.8 Å². The van der Waals surface area contributed by atoms with Gasteiger partial charge in [0.25, 0.3) is 0 Å². The Bertz CT molecular complexity index is 192. The van der Waals surface area contributed by atoms with Crippen LogP contribution in [-0.4, -0.2) is 23.7 Å². The van der Waals surface area contributed by atoms with Crippen LogP contribution < -0.4 is 5.32 Å². The van der Waals surface area contributed by atoms with E-state index in [1.165, 1.54) is 12.8 Å². The van der Waals surface area contributed by atoms with Gasteiger partial charge in [-0.2, -0.15) is 0 Å². The molecule has 0 aromatic carbocycles. The maximum absolute atomic E-state index is 10.4. The minimum atomic E-state index is -0.753. The van der Waals surface area contributed by atoms with Gasteiger partial charge in [-0.05, 0) is 24.7 Å². The Kier molecular flexibility index (Phi) is 4.39. The standard InChI is InChI=1S/C11H21NO2/c1-8(2)9-4-3-5-10(6-9)12-7-11(13)14/h8-10,12H,3-7H2,1-2H3,(H,13,14). The van der Waals surface area contributed by atoms with Crippen LogP contribution in [0.15, 0.2) is 0 Å². The monoisotopic (exact) mass is 199 g/mol. The van der Waals surface area contributed by atoms with E-state index < -0.39 is 5.97 Å². The van der Waals surface area contributed by atoms with Crippen molar-refractivity contribution in [2.45, 2.75) is 45.6 Å². The summed E-state index contributed by atoms with van der Waals surface area (Å²) >= 11 is 0. The smallest absolute Gasteiger partial charge is 0.317 e. The number of carbonyl (C=O) groups is 1. The predicted octanol–water partition coefficient (Wildman–Crippen LogP) is 1.88. The number of nitrogens with one attached hydrogen (secondary N) is 1. The van der Waals surface area contributed by atoms with Crippen LogP contribution in [0.1, 0.15) is 39.5 Å². The molecule has 1 fully saturated rings. The molecule has 3 heteroatoms. The van der Waals surface area contributed by atoms with E-state index in [9.17, 15) is 4.79 Å². The van der Waals surface area contributed by atoms with Crippen LogP contribution in [0, 0.1) is 11.8 Å². The Morgan fingerprint density at radius 2 is 2.21 bits per heavy atom. The Labute approximate surface area is 85.9 Å². The number of rotatable bonds is 4. The molecule has 0 aromatic heterocycles. The Balaban J connectivity index is 2.29. The quantitative estimate of drug-likeness (QED) is 0.726. The van der Waals surface area contributed by atoms with E-state index in [4.69, 9.17) is 5.11 Å². The molecule has 1 aliphatic carbocycles. The van der Waals surface area contributed by atoms with Crippen molar-refractivity contribution in [3.63, 3.8) is 0 Å². The maximum atomic E-state index is 10.4. The first-order chi connectivity index (χ1) is 6.59. The zero-order chi connectivity index (χ0) is 10.6. The van der Waals surface area contributed by atoms with E-state index in [0.717, 1.165) is 24.7 Å². The Morgan fingerprint density at radius 3 is 2.79 bits per heavy atom. The molecule has 0 radical (unpaired) electrons. The highest BCUT2D eigenvalue weighted by Crippen LogP contribution is 2.29. The van der Waals surface area contributed by atoms with Gasteiger partial charge >= 0.3 is 5.97 Å². The molecule has 1 aliphatic rings. The second-order valence-electron chi connectivity index (χ2n) is 4.64. The van der Waals surface area contributed by atoms with Gasteiger partial charge in [0.05, 0.1) is 6.54 Å². The third kappa shape index (κ3) is 3.66. The molecule has 0 aromatic rings. The van der Waals surface area contributed by atoms with E-state index in [0.29, 0.717) is 6.04 Å². The Morgan fingerprint density at radius 1 is 1.50 bits per heavy atom. The van der Waals surface area contributed by atoms with Crippen molar-refractivity contribution in [3.05, 3.63) is 0 Å². The topological polar surface area (TPSA) is 49.3 Å². The lowest BCUT2D eigenvalue weighted by atomic mass is 9.79. The van der Waals surface area contributed by atoms with Gasteiger partial charge in [-0.1, -0.05) is 26.7 Å². The first-order valence-corrected chi connectivity index (χ1v) is 5.54. The molecular formula is C11H21NO2. The summed E-state index contributed by atoms with van der Waals surface area (Å²) in [6.45, 7) is 4.62. The molecule has 1 saturated carbocycles. The van der Waals surface area contributed by atoms with E-state index >= 15 is 0 Å². The molecule has 0 saturated heterocycles. The zero-order valence-corrected chi connectivity index (χ0v) is 9.12. The number of aliphatic carboxylic acids is 1. The van der Waals surface area contributed by atoms with Crippen molar-refractivity contribution in [2.75, 3.05) is 6.54 Å². The van der Waals surface area contributed by atoms with E-state index in [-0.39, 0.29) is 6.54 Å². The van der Waals surface area contributed by atoms with Crippen molar-refractivity contribution in [3.8, 4) is 0 Å². The lowest BCUT2D eigenvalue weighted by molar-refractivity contribution is -0.136. The summed E-state index contributed by atoms with van der Waals surface area (Å²) in [5, 5.41) is 11.7. The van der Waals surface area contributed by atoms with Crippen LogP contribution in [0.25, 0.3) is 0 Å². The largest absolute Gasteiger partial charge is 0.480 e. The molecule has 0 amide bonds. The van der Waals surface area contributed by atoms with Gasteiger partial charge in [0, 0.05) is 6.04 Å². The van der Waals surface area contributed by atoms with E-state index in [2.05, 4.69) is 19.2 Å². The fourth-order valence-corrected chi connectivity index (χ4v) is 2.25. The average Bonchev–Trinajstić information content (AvgIpc) is 2.15. The molecule has 3 nitrogen and oxygen atoms in total. The van der Waals surface area contributed by atoms with Crippen LogP contribution in [0.3, 0.4) is 0 Å². The first-order valence-electron chi connectivity index (χ1n) is 5.54. The zero-order valence-electron chi connectivity index (χ0n) is 9.12. The van der Waals surface area contributed by atoms with Crippen LogP contribution in [0.2, 0.25) is 0 Å². The minimum absolute atomic E-state index is 0.107. The first kappa shape index (κ1) is 11.5. The number of carboxylic acids is 1. The molecular weight excluding hydrogens is 178 g/mol. The molecule has 2 unspecified atom stereocenters. The molecule has 0 bridgehead atoms. The average molecular weight is 199 g/mol. The SMILES string of the molecule is CC(C)C1CCCC(NCC(=O)O)C1. The highest BCUT2D eigenvalue weighted by molar-refractivity contribution is 5.69. The van der Waals surface area contributed by atoms with Gasteiger partial charge in [-0.25, -0.2) is 0 Å². The summed E-state index contributed by atoms with van der Waals surface area (Å²) in [4.78, 5) is 10.4. The molecule has 0 spiro atoms. The highest BCUT2D eigenvalue weighted by atomic mass is 16.4. The van der Waals surface area contributed by atoms with Crippen LogP contribution in [0.4, 0.5) is 0 Å². The molecule has 2 N–H and O–H groups in total. The molecule has 0 heterocycles. The van der Waals surface area contributed by atoms with E-state index in [1.807, 2.05) is 0 Å². The van der Waals surface area contributed by atoms with Crippen molar-refractivity contribution in [1.82, 2.24) is 5.32 Å². The van der Waals surface area contributed by atoms with E-state index in [1.54, 1.807) is 0 Å². The lowest BCUT2D eigenvalue weighted by Gasteiger charge is -2.31. The Hall–Kier alpha value is -0.570. The minimum Gasteiger partial charge on any atom is -0.480 e. The summed E-state index contributed by atoms with van der Waals surface area (Å²) in [6, 6.07) is 0.423. The normalized spacial score (nSPS) is 27.9. The lowest BCUT2D eigenvalue weighted by Crippen LogP contribution is -2.38. The summed E-state index contributed by atoms with van der Waals surface area (Å²) in [5.41, 5.74) is 0. The van der Waals surface area contributed by atoms with Crippen molar-refractivity contribution >= 4 is 5.97 Å². The molecule has 82 valence electrons. The van der Waals surface area contributed by atoms with Crippen LogP contribution in [-0.2, 0) is 4.79 Å². The fourth-order valence-electron chi connectivity index (χ4n) is 2.25. The third-order valence-corrected chi connectivity index (χ3v) is 3.20. The van der Waals surface area contributed by atoms with Crippen LogP contribution in [0.5, 0.6) is 0 Å². The number of carboxylic acid groups (broad SMARTS) is 1. The highest BCUT2D eigenvalue weighted by Gasteiger charge is 2.23. The van der Waals surface area contributed by atoms with Gasteiger partial charge in [0.15, 0.2) is 0 Å². The second kappa shape index (κ2) is 5.35. The number of hydrogen-bond acceptors (Lipinski definition) is 2. The second-order valence-corrected chi connectivity index (χ2v) is 4.64. The summed E-state index contributed by atoms with van der Waals surface area (Å²) in [5.74, 6) is 0.746. The van der Waals surface area contributed by atoms with Gasteiger partial charge in [-0.3, -0.25) is 4.79 Å². The molecule has 14 heavy (non-hydrogen) atoms. The summed E-state index contributed by atoms with van der Waals surface area (Å²) in [6.07, 6.45) is 4.82. The van der Waals surface area contributed by atoms with Crippen molar-refractivity contribution in [1.29, 1.82) is 0 Å². The van der Waals surface area contributed by atoms with Gasteiger partial charge in [0.2, 0.25) is 0 Å². The summed E-state index contributed by atoms with van der Waals surface area (Å²) < 4.78 is 0. The number of hydrogen-bond donors (Lipinski definition) is 2. The van der Waals surface area contributed by atoms with Gasteiger partial charge < -0.3 is 10.4 Å². The molecule has 0 aliphatic heterocycles. The molecule has 1 rings (SSSR count). The predicted molar refractivity (Wildman–Crippen MR) is 56.2 cm³/mol. The summed E-state index contributed by atoms with van der Waals surface area (Å²) in [7, 11) is 0. The molecule has 2 atom stereocenters. The van der Waals surface area contributed by atoms with Gasteiger partial charge in [-0.15, -0.1) is 0 Å². The maximum Gasteiger partial charge on any atom is 0.317 e. The van der Waals surface area contributed by atoms with Crippen molar-refractivity contribution < 1.29 is 9.90 Å². The van der Waals surface area contributed by atoms with Gasteiger partial charge in [0.1, 0.15) is 0 Å². The van der Waals surface area contributed by atoms with Crippen LogP contribution >= 0.6 is 0 Å².